The van der Waals surface area contributed by atoms with Crippen LogP contribution < -0.4 is 5.32 Å². The molecule has 1 atom stereocenters. The fraction of sp³-hybridized carbons (Fsp3) is 0.667. The van der Waals surface area contributed by atoms with Crippen molar-refractivity contribution >= 4 is 31.9 Å². The molecule has 2 aliphatic rings. The summed E-state index contributed by atoms with van der Waals surface area (Å²) in [5.74, 6) is 0.922. The number of hydrogen-bond acceptors (Lipinski definition) is 3. The lowest BCUT2D eigenvalue weighted by molar-refractivity contribution is 0.229. The Hall–Kier alpha value is 0.0300. The maximum Gasteiger partial charge on any atom is 0.0686 e. The van der Waals surface area contributed by atoms with Gasteiger partial charge in [-0.05, 0) is 76.1 Å². The molecular formula is C15H21Br2N3. The van der Waals surface area contributed by atoms with Gasteiger partial charge in [-0.25, -0.2) is 0 Å². The van der Waals surface area contributed by atoms with Crippen LogP contribution in [0.15, 0.2) is 21.2 Å². The predicted molar refractivity (Wildman–Crippen MR) is 88.7 cm³/mol. The maximum atomic E-state index is 4.56. The lowest BCUT2D eigenvalue weighted by atomic mass is 10.2. The summed E-state index contributed by atoms with van der Waals surface area (Å²) in [6.45, 7) is 4.51. The van der Waals surface area contributed by atoms with Crippen molar-refractivity contribution in [1.29, 1.82) is 0 Å². The van der Waals surface area contributed by atoms with Crippen LogP contribution in [0.1, 0.15) is 31.4 Å². The molecule has 0 radical (unpaired) electrons. The van der Waals surface area contributed by atoms with Gasteiger partial charge in [0.15, 0.2) is 0 Å². The molecule has 3 rings (SSSR count). The zero-order valence-electron chi connectivity index (χ0n) is 11.6. The summed E-state index contributed by atoms with van der Waals surface area (Å²) in [6.07, 6.45) is 7.34. The van der Waals surface area contributed by atoms with Gasteiger partial charge < -0.3 is 5.32 Å². The van der Waals surface area contributed by atoms with E-state index in [4.69, 9.17) is 0 Å². The first-order valence-electron chi connectivity index (χ1n) is 7.46. The molecule has 110 valence electrons. The van der Waals surface area contributed by atoms with E-state index in [9.17, 15) is 0 Å². The fourth-order valence-electron chi connectivity index (χ4n) is 2.86. The van der Waals surface area contributed by atoms with E-state index >= 15 is 0 Å². The van der Waals surface area contributed by atoms with E-state index in [0.29, 0.717) is 6.04 Å². The van der Waals surface area contributed by atoms with Crippen molar-refractivity contribution in [2.75, 3.05) is 19.6 Å². The third kappa shape index (κ3) is 4.26. The molecule has 20 heavy (non-hydrogen) atoms. The van der Waals surface area contributed by atoms with Gasteiger partial charge in [-0.3, -0.25) is 9.88 Å². The molecule has 5 heteroatoms. The summed E-state index contributed by atoms with van der Waals surface area (Å²) in [4.78, 5) is 7.15. The highest BCUT2D eigenvalue weighted by atomic mass is 79.9. The highest BCUT2D eigenvalue weighted by Gasteiger charge is 2.27. The molecule has 1 aliphatic carbocycles. The van der Waals surface area contributed by atoms with Crippen molar-refractivity contribution in [3.8, 4) is 0 Å². The molecule has 2 fully saturated rings. The summed E-state index contributed by atoms with van der Waals surface area (Å²) >= 11 is 7.10. The van der Waals surface area contributed by atoms with Gasteiger partial charge in [0, 0.05) is 40.8 Å². The summed E-state index contributed by atoms with van der Waals surface area (Å²) in [7, 11) is 0. The fourth-order valence-corrected chi connectivity index (χ4v) is 3.98. The Balaban J connectivity index is 1.64. The van der Waals surface area contributed by atoms with Gasteiger partial charge in [-0.15, -0.1) is 0 Å². The third-order valence-electron chi connectivity index (χ3n) is 4.11. The maximum absolute atomic E-state index is 4.56. The van der Waals surface area contributed by atoms with Crippen LogP contribution in [-0.2, 0) is 6.54 Å². The molecule has 3 nitrogen and oxygen atoms in total. The first-order chi connectivity index (χ1) is 9.70. The van der Waals surface area contributed by atoms with Gasteiger partial charge in [0.25, 0.3) is 0 Å². The van der Waals surface area contributed by atoms with Gasteiger partial charge in [0.05, 0.1) is 5.69 Å². The van der Waals surface area contributed by atoms with E-state index in [1.807, 2.05) is 6.20 Å². The minimum absolute atomic E-state index is 0.669. The Labute approximate surface area is 137 Å². The molecule has 1 saturated heterocycles. The van der Waals surface area contributed by atoms with Gasteiger partial charge in [-0.2, -0.15) is 0 Å². The first kappa shape index (κ1) is 14.9. The molecule has 1 aromatic rings. The monoisotopic (exact) mass is 401 g/mol. The normalized spacial score (nSPS) is 22.6. The van der Waals surface area contributed by atoms with Gasteiger partial charge in [-0.1, -0.05) is 0 Å². The van der Waals surface area contributed by atoms with Crippen molar-refractivity contribution in [2.24, 2.45) is 5.92 Å². The van der Waals surface area contributed by atoms with Crippen molar-refractivity contribution < 1.29 is 0 Å². The Bertz CT molecular complexity index is 456. The molecule has 0 bridgehead atoms. The summed E-state index contributed by atoms with van der Waals surface area (Å²) in [5.41, 5.74) is 1.15. The first-order valence-corrected chi connectivity index (χ1v) is 9.05. The largest absolute Gasteiger partial charge is 0.313 e. The topological polar surface area (TPSA) is 28.2 Å². The third-order valence-corrected chi connectivity index (χ3v) is 5.23. The SMILES string of the molecule is Brc1cnc(CN(CC2CC2)CC2CCCN2)c(Br)c1. The quantitative estimate of drug-likeness (QED) is 0.788. The van der Waals surface area contributed by atoms with E-state index in [0.717, 1.165) is 33.6 Å². The van der Waals surface area contributed by atoms with Crippen molar-refractivity contribution in [2.45, 2.75) is 38.3 Å². The number of aromatic nitrogens is 1. The highest BCUT2D eigenvalue weighted by Crippen LogP contribution is 2.31. The molecule has 1 unspecified atom stereocenters. The second-order valence-corrected chi connectivity index (χ2v) is 7.78. The van der Waals surface area contributed by atoms with Crippen LogP contribution in [0.5, 0.6) is 0 Å². The molecule has 0 spiro atoms. The van der Waals surface area contributed by atoms with E-state index in [2.05, 4.69) is 53.1 Å². The molecule has 0 aromatic carbocycles. The standard InChI is InChI=1S/C15H21Br2N3/c16-12-6-14(17)15(19-7-12)10-20(8-11-3-4-11)9-13-2-1-5-18-13/h6-7,11,13,18H,1-5,8-10H2. The molecular weight excluding hydrogens is 382 g/mol. The van der Waals surface area contributed by atoms with Crippen LogP contribution in [0.2, 0.25) is 0 Å². The summed E-state index contributed by atoms with van der Waals surface area (Å²) < 4.78 is 2.13. The minimum Gasteiger partial charge on any atom is -0.313 e. The Morgan fingerprint density at radius 3 is 2.75 bits per heavy atom. The zero-order chi connectivity index (χ0) is 13.9. The van der Waals surface area contributed by atoms with Crippen molar-refractivity contribution in [1.82, 2.24) is 15.2 Å². The van der Waals surface area contributed by atoms with Crippen LogP contribution >= 0.6 is 31.9 Å². The Kier molecular flexibility index (Phi) is 5.13. The molecule has 1 aromatic heterocycles. The molecule has 1 saturated carbocycles. The second-order valence-electron chi connectivity index (χ2n) is 6.01. The van der Waals surface area contributed by atoms with Gasteiger partial charge >= 0.3 is 0 Å². The smallest absolute Gasteiger partial charge is 0.0686 e. The number of nitrogens with one attached hydrogen (secondary N) is 1. The summed E-state index contributed by atoms with van der Waals surface area (Å²) in [6, 6.07) is 2.76. The lowest BCUT2D eigenvalue weighted by Gasteiger charge is -2.25. The molecule has 1 N–H and O–H groups in total. The van der Waals surface area contributed by atoms with Crippen LogP contribution in [-0.4, -0.2) is 35.6 Å². The van der Waals surface area contributed by atoms with Gasteiger partial charge in [0.2, 0.25) is 0 Å². The predicted octanol–water partition coefficient (Wildman–Crippen LogP) is 3.57. The lowest BCUT2D eigenvalue weighted by Crippen LogP contribution is -2.38. The van der Waals surface area contributed by atoms with E-state index in [1.165, 1.54) is 38.8 Å². The molecule has 0 amide bonds. The summed E-state index contributed by atoms with van der Waals surface area (Å²) in [5, 5.41) is 3.61. The zero-order valence-corrected chi connectivity index (χ0v) is 14.8. The number of pyridine rings is 1. The van der Waals surface area contributed by atoms with E-state index < -0.39 is 0 Å². The van der Waals surface area contributed by atoms with Crippen molar-refractivity contribution in [3.63, 3.8) is 0 Å². The molecule has 1 aliphatic heterocycles. The van der Waals surface area contributed by atoms with E-state index in [1.54, 1.807) is 0 Å². The number of halogens is 2. The molecule has 2 heterocycles. The van der Waals surface area contributed by atoms with Gasteiger partial charge in [0.1, 0.15) is 0 Å². The van der Waals surface area contributed by atoms with Crippen LogP contribution in [0.25, 0.3) is 0 Å². The average molecular weight is 403 g/mol. The van der Waals surface area contributed by atoms with Crippen LogP contribution in [0, 0.1) is 5.92 Å². The highest BCUT2D eigenvalue weighted by molar-refractivity contribution is 9.11. The van der Waals surface area contributed by atoms with Crippen LogP contribution in [0.3, 0.4) is 0 Å². The minimum atomic E-state index is 0.669. The Morgan fingerprint density at radius 2 is 2.10 bits per heavy atom. The number of rotatable bonds is 6. The number of nitrogens with zero attached hydrogens (tertiary/aromatic N) is 2. The second kappa shape index (κ2) is 6.86. The number of hydrogen-bond donors (Lipinski definition) is 1. The van der Waals surface area contributed by atoms with Crippen LogP contribution in [0.4, 0.5) is 0 Å². The average Bonchev–Trinajstić information content (AvgIpc) is 3.07. The Morgan fingerprint density at radius 1 is 1.25 bits per heavy atom. The van der Waals surface area contributed by atoms with E-state index in [-0.39, 0.29) is 0 Å². The van der Waals surface area contributed by atoms with Crippen molar-refractivity contribution in [3.05, 3.63) is 26.9 Å².